The number of hydrogen-bond acceptors (Lipinski definition) is 9. The molecule has 4 aliphatic heterocycles. The van der Waals surface area contributed by atoms with Gasteiger partial charge in [0.15, 0.2) is 11.6 Å². The second-order valence-corrected chi connectivity index (χ2v) is 22.3. The van der Waals surface area contributed by atoms with Crippen molar-refractivity contribution in [2.45, 2.75) is 135 Å². The Labute approximate surface area is 448 Å². The Morgan fingerprint density at radius 2 is 1.19 bits per heavy atom. The first-order valence-corrected chi connectivity index (χ1v) is 27.7. The van der Waals surface area contributed by atoms with Gasteiger partial charge in [0.05, 0.1) is 53.3 Å². The Balaban J connectivity index is 0.941. The quantitative estimate of drug-likeness (QED) is 0.0623. The van der Waals surface area contributed by atoms with Crippen LogP contribution in [-0.2, 0) is 20.7 Å². The number of nitrogens with one attached hydrogen (secondary N) is 4. The van der Waals surface area contributed by atoms with Crippen molar-refractivity contribution in [3.63, 3.8) is 0 Å². The number of likely N-dealkylation sites (tertiary alicyclic amines) is 2. The van der Waals surface area contributed by atoms with Crippen LogP contribution in [0.4, 0.5) is 29.7 Å². The molecule has 4 amide bonds. The van der Waals surface area contributed by atoms with Crippen molar-refractivity contribution >= 4 is 57.4 Å². The van der Waals surface area contributed by atoms with Gasteiger partial charge in [0.1, 0.15) is 29.4 Å². The number of amides is 4. The molecule has 4 saturated heterocycles. The zero-order chi connectivity index (χ0) is 54.1. The van der Waals surface area contributed by atoms with Gasteiger partial charge in [0.2, 0.25) is 11.8 Å². The van der Waals surface area contributed by atoms with Crippen molar-refractivity contribution in [2.24, 2.45) is 17.8 Å². The van der Waals surface area contributed by atoms with Crippen LogP contribution in [0.25, 0.3) is 22.1 Å². The Morgan fingerprint density at radius 1 is 0.675 bits per heavy atom. The van der Waals surface area contributed by atoms with E-state index in [0.717, 1.165) is 72.6 Å². The number of fused-ring (bicyclic) bond motifs is 2. The summed E-state index contributed by atoms with van der Waals surface area (Å²) in [7, 11) is 1.27. The van der Waals surface area contributed by atoms with Gasteiger partial charge in [-0.3, -0.25) is 9.59 Å². The number of piperidine rings is 1. The maximum atomic E-state index is 16.9. The number of rotatable bonds is 16. The maximum Gasteiger partial charge on any atom is 0.407 e. The predicted octanol–water partition coefficient (Wildman–Crippen LogP) is 11.0. The van der Waals surface area contributed by atoms with Crippen LogP contribution in [0.1, 0.15) is 144 Å². The lowest BCUT2D eigenvalue weighted by Crippen LogP contribution is -2.51. The summed E-state index contributed by atoms with van der Waals surface area (Å²) in [6, 6.07) is 22.6. The summed E-state index contributed by atoms with van der Waals surface area (Å²) in [5, 5.41) is 14.7. The van der Waals surface area contributed by atoms with Gasteiger partial charge in [-0.15, -0.1) is 0 Å². The zero-order valence-electron chi connectivity index (χ0n) is 44.7. The maximum absolute atomic E-state index is 16.9. The van der Waals surface area contributed by atoms with Gasteiger partial charge in [-0.2, -0.15) is 0 Å². The van der Waals surface area contributed by atoms with E-state index in [9.17, 15) is 24.3 Å². The van der Waals surface area contributed by atoms with Crippen LogP contribution < -0.4 is 20.4 Å². The first-order valence-electron chi connectivity index (χ1n) is 27.7. The molecule has 408 valence electrons. The molecule has 1 unspecified atom stereocenters. The molecule has 4 aromatic carbocycles. The number of aryl methyl sites for hydroxylation is 1. The van der Waals surface area contributed by atoms with Crippen LogP contribution in [0.15, 0.2) is 78.9 Å². The number of imidazole rings is 2. The van der Waals surface area contributed by atoms with Gasteiger partial charge in [0, 0.05) is 31.9 Å². The average molecular weight is 1060 g/mol. The van der Waals surface area contributed by atoms with E-state index in [1.165, 1.54) is 24.8 Å². The molecular weight excluding hydrogens is 983 g/mol. The number of aromatic nitrogens is 4. The number of carbonyl (C=O) groups excluding carboxylic acids is 3. The number of carboxylic acid groups (broad SMARTS) is 1. The van der Waals surface area contributed by atoms with Crippen LogP contribution >= 0.6 is 0 Å². The highest BCUT2D eigenvalue weighted by Crippen LogP contribution is 2.49. The predicted molar refractivity (Wildman–Crippen MR) is 291 cm³/mol. The van der Waals surface area contributed by atoms with E-state index in [1.54, 1.807) is 9.80 Å². The highest BCUT2D eigenvalue weighted by atomic mass is 19.1. The molecule has 16 nitrogen and oxygen atoms in total. The molecule has 6 atom stereocenters. The van der Waals surface area contributed by atoms with E-state index < -0.39 is 35.9 Å². The molecule has 77 heavy (non-hydrogen) atoms. The topological polar surface area (TPSA) is 192 Å². The van der Waals surface area contributed by atoms with Crippen molar-refractivity contribution < 1.29 is 37.8 Å². The number of carbonyl (C=O) groups is 4. The molecule has 5 N–H and O–H groups in total. The van der Waals surface area contributed by atoms with E-state index in [1.807, 2.05) is 69.0 Å². The van der Waals surface area contributed by atoms with Crippen molar-refractivity contribution in [2.75, 3.05) is 43.1 Å². The lowest BCUT2D eigenvalue weighted by atomic mass is 9.90. The minimum atomic E-state index is -1.25. The molecular formula is C59H72F2N10O6. The van der Waals surface area contributed by atoms with Crippen LogP contribution in [0, 0.1) is 29.4 Å². The minimum Gasteiger partial charge on any atom is -0.465 e. The Bertz CT molecular complexity index is 3080. The molecule has 0 saturated carbocycles. The van der Waals surface area contributed by atoms with Crippen LogP contribution in [-0.4, -0.2) is 104 Å². The van der Waals surface area contributed by atoms with Crippen molar-refractivity contribution in [1.29, 1.82) is 0 Å². The number of hydrogen-bond donors (Lipinski definition) is 5. The van der Waals surface area contributed by atoms with Gasteiger partial charge >= 0.3 is 12.2 Å². The van der Waals surface area contributed by atoms with Gasteiger partial charge in [-0.1, -0.05) is 70.2 Å². The SMILES string of the molecule is COC(=O)N[C@H](C(=O)N1CCC[C@H]1c1nc2ccc(C3CC[C@H](c4ccc5nc([C@@H]6CCCN6C(=O)[C@@H](NC(=O)O)C(C)C)[nH]c5c4)N3c3cc(F)c(N4CCC(CCCc5ccccc5)CC4)c(F)c3)cc2[nH]1)C(C)C. The van der Waals surface area contributed by atoms with E-state index >= 15 is 8.78 Å². The monoisotopic (exact) mass is 1050 g/mol. The van der Waals surface area contributed by atoms with Gasteiger partial charge in [0.25, 0.3) is 0 Å². The Morgan fingerprint density at radius 3 is 1.69 bits per heavy atom. The van der Waals surface area contributed by atoms with E-state index in [-0.39, 0.29) is 53.5 Å². The number of H-pyrrole nitrogens is 2. The molecule has 6 heterocycles. The fourth-order valence-electron chi connectivity index (χ4n) is 12.7. The molecule has 0 spiro atoms. The number of aromatic amines is 2. The summed E-state index contributed by atoms with van der Waals surface area (Å²) in [6.45, 7) is 9.56. The summed E-state index contributed by atoms with van der Waals surface area (Å²) in [5.74, 6) is -0.340. The molecule has 2 aromatic heterocycles. The number of halogens is 2. The number of benzene rings is 4. The van der Waals surface area contributed by atoms with E-state index in [0.29, 0.717) is 80.6 Å². The number of alkyl carbamates (subject to hydrolysis) is 1. The van der Waals surface area contributed by atoms with Crippen molar-refractivity contribution in [1.82, 2.24) is 40.4 Å². The molecule has 4 fully saturated rings. The minimum absolute atomic E-state index is 0.0136. The smallest absolute Gasteiger partial charge is 0.407 e. The van der Waals surface area contributed by atoms with Gasteiger partial charge < -0.3 is 50.0 Å². The first kappa shape index (κ1) is 53.2. The van der Waals surface area contributed by atoms with Crippen LogP contribution in [0.3, 0.4) is 0 Å². The van der Waals surface area contributed by atoms with Crippen molar-refractivity contribution in [3.8, 4) is 0 Å². The first-order chi connectivity index (χ1) is 37.1. The number of methoxy groups -OCH3 is 1. The zero-order valence-corrected chi connectivity index (χ0v) is 44.7. The lowest BCUT2D eigenvalue weighted by Gasteiger charge is -2.36. The van der Waals surface area contributed by atoms with Gasteiger partial charge in [-0.25, -0.2) is 28.3 Å². The third kappa shape index (κ3) is 11.2. The van der Waals surface area contributed by atoms with Crippen molar-refractivity contribution in [3.05, 3.63) is 119 Å². The Hall–Kier alpha value is -7.24. The summed E-state index contributed by atoms with van der Waals surface area (Å²) in [6.07, 6.45) is 7.23. The summed E-state index contributed by atoms with van der Waals surface area (Å²) in [5.41, 5.74) is 6.59. The van der Waals surface area contributed by atoms with Gasteiger partial charge in [-0.05, 0) is 141 Å². The summed E-state index contributed by atoms with van der Waals surface area (Å²) in [4.78, 5) is 76.2. The average Bonchev–Trinajstić information content (AvgIpc) is 4.29. The Kier molecular flexibility index (Phi) is 15.7. The standard InChI is InChI=1S/C59H72F2N10O6/c1-34(2)51(66-58(74)75)56(72)69-26-10-16-49(69)54-62-43-20-18-38(30-45(43)64-54)47-22-23-48(39-19-21-44-46(31-39)65-55(63-44)50-17-11-27-70(50)57(73)52(35(3)4)67-59(76)77-5)71(47)40-32-41(60)53(42(61)33-40)68-28-24-37(25-29-68)15-9-14-36-12-7-6-8-13-36/h6-8,12-13,18-21,30-35,37,47-52,66H,9-11,14-17,22-29H2,1-5H3,(H,62,64)(H,63,65)(H,67,76)(H,74,75)/t47-,48?,49+,50+,51+,52+/m1/s1. The molecule has 0 radical (unpaired) electrons. The van der Waals surface area contributed by atoms with Crippen LogP contribution in [0.2, 0.25) is 0 Å². The number of anilines is 2. The largest absolute Gasteiger partial charge is 0.465 e. The molecule has 18 heteroatoms. The molecule has 4 aliphatic rings. The fraction of sp³-hybridized carbons (Fsp3) is 0.492. The lowest BCUT2D eigenvalue weighted by molar-refractivity contribution is -0.136. The molecule has 10 rings (SSSR count). The van der Waals surface area contributed by atoms with Crippen LogP contribution in [0.5, 0.6) is 0 Å². The molecule has 0 aliphatic carbocycles. The summed E-state index contributed by atoms with van der Waals surface area (Å²) < 4.78 is 38.6. The highest BCUT2D eigenvalue weighted by molar-refractivity contribution is 5.87. The summed E-state index contributed by atoms with van der Waals surface area (Å²) >= 11 is 0. The normalized spacial score (nSPS) is 20.9. The highest BCUT2D eigenvalue weighted by Gasteiger charge is 2.41. The third-order valence-electron chi connectivity index (χ3n) is 16.7. The molecule has 6 aromatic rings. The second kappa shape index (κ2) is 22.8. The second-order valence-electron chi connectivity index (χ2n) is 22.3. The number of ether oxygens (including phenoxy) is 1. The van der Waals surface area contributed by atoms with E-state index in [4.69, 9.17) is 14.7 Å². The third-order valence-corrected chi connectivity index (χ3v) is 16.7. The van der Waals surface area contributed by atoms with E-state index in [2.05, 4.69) is 55.8 Å². The molecule has 0 bridgehead atoms. The fourth-order valence-corrected chi connectivity index (χ4v) is 12.7. The number of nitrogens with zero attached hydrogens (tertiary/aromatic N) is 6.